The zero-order valence-electron chi connectivity index (χ0n) is 10.7. The number of allylic oxidation sites excluding steroid dienone is 1. The minimum atomic E-state index is -1.34. The van der Waals surface area contributed by atoms with E-state index in [0.29, 0.717) is 5.69 Å². The first-order valence-corrected chi connectivity index (χ1v) is 7.45. The number of anilines is 1. The fourth-order valence-electron chi connectivity index (χ4n) is 2.54. The highest BCUT2D eigenvalue weighted by molar-refractivity contribution is 7.91. The highest BCUT2D eigenvalue weighted by atomic mass is 32.2. The van der Waals surface area contributed by atoms with E-state index >= 15 is 0 Å². The number of amides is 1. The molecule has 1 aliphatic heterocycles. The first-order valence-electron chi connectivity index (χ1n) is 6.35. The maximum absolute atomic E-state index is 12.4. The average Bonchev–Trinajstić information content (AvgIpc) is 2.72. The predicted octanol–water partition coefficient (Wildman–Crippen LogP) is 2.53. The molecule has 0 saturated heterocycles. The SMILES string of the molecule is COc1ccc(N2C(=O)C3=C(CCCC3)S2=O)cc1. The van der Waals surface area contributed by atoms with Crippen LogP contribution in [0.4, 0.5) is 5.69 Å². The summed E-state index contributed by atoms with van der Waals surface area (Å²) in [6.45, 7) is 0. The Kier molecular flexibility index (Phi) is 3.14. The van der Waals surface area contributed by atoms with Gasteiger partial charge >= 0.3 is 0 Å². The molecular formula is C14H15NO3S. The average molecular weight is 277 g/mol. The van der Waals surface area contributed by atoms with E-state index in [1.165, 1.54) is 4.31 Å². The van der Waals surface area contributed by atoms with Crippen LogP contribution in [0.1, 0.15) is 25.7 Å². The number of carbonyl (C=O) groups is 1. The van der Waals surface area contributed by atoms with Crippen LogP contribution in [0, 0.1) is 0 Å². The second-order valence-corrected chi connectivity index (χ2v) is 6.01. The summed E-state index contributed by atoms with van der Waals surface area (Å²) >= 11 is 0. The van der Waals surface area contributed by atoms with Crippen molar-refractivity contribution >= 4 is 22.6 Å². The minimum absolute atomic E-state index is 0.0989. The Balaban J connectivity index is 1.94. The standard InChI is InChI=1S/C14H15NO3S/c1-18-11-8-6-10(7-9-11)15-14(16)12-4-2-3-5-13(12)19(15)17/h6-9H,2-5H2,1H3. The van der Waals surface area contributed by atoms with Crippen LogP contribution in [0.2, 0.25) is 0 Å². The molecular weight excluding hydrogens is 262 g/mol. The van der Waals surface area contributed by atoms with E-state index < -0.39 is 11.0 Å². The van der Waals surface area contributed by atoms with Crippen molar-refractivity contribution in [1.82, 2.24) is 0 Å². The van der Waals surface area contributed by atoms with Crippen molar-refractivity contribution in [3.8, 4) is 5.75 Å². The van der Waals surface area contributed by atoms with Gasteiger partial charge in [-0.2, -0.15) is 0 Å². The molecule has 1 unspecified atom stereocenters. The second kappa shape index (κ2) is 4.81. The lowest BCUT2D eigenvalue weighted by Crippen LogP contribution is -2.27. The lowest BCUT2D eigenvalue weighted by atomic mass is 9.99. The molecule has 0 N–H and O–H groups in total. The van der Waals surface area contributed by atoms with Crippen LogP contribution >= 0.6 is 0 Å². The van der Waals surface area contributed by atoms with E-state index in [1.807, 2.05) is 0 Å². The summed E-state index contributed by atoms with van der Waals surface area (Å²) in [7, 11) is 0.248. The van der Waals surface area contributed by atoms with Crippen molar-refractivity contribution in [2.75, 3.05) is 11.4 Å². The number of rotatable bonds is 2. The van der Waals surface area contributed by atoms with Crippen LogP contribution in [-0.4, -0.2) is 17.2 Å². The molecule has 1 heterocycles. The number of hydrogen-bond acceptors (Lipinski definition) is 3. The van der Waals surface area contributed by atoms with Gasteiger partial charge in [-0.3, -0.25) is 4.79 Å². The molecule has 0 fully saturated rings. The summed E-state index contributed by atoms with van der Waals surface area (Å²) in [5.41, 5.74) is 1.43. The maximum atomic E-state index is 12.4. The lowest BCUT2D eigenvalue weighted by molar-refractivity contribution is -0.114. The van der Waals surface area contributed by atoms with Gasteiger partial charge in [0.2, 0.25) is 0 Å². The molecule has 0 saturated carbocycles. The summed E-state index contributed by atoms with van der Waals surface area (Å²) in [6, 6.07) is 7.09. The number of nitrogens with zero attached hydrogens (tertiary/aromatic N) is 1. The number of methoxy groups -OCH3 is 1. The quantitative estimate of drug-likeness (QED) is 0.834. The van der Waals surface area contributed by atoms with E-state index in [4.69, 9.17) is 4.74 Å². The normalized spacial score (nSPS) is 22.7. The topological polar surface area (TPSA) is 46.6 Å². The Labute approximate surface area is 114 Å². The van der Waals surface area contributed by atoms with Gasteiger partial charge in [0.15, 0.2) is 11.0 Å². The van der Waals surface area contributed by atoms with E-state index in [2.05, 4.69) is 0 Å². The van der Waals surface area contributed by atoms with Gasteiger partial charge in [0.1, 0.15) is 5.75 Å². The third-order valence-electron chi connectivity index (χ3n) is 3.54. The molecule has 0 aromatic heterocycles. The van der Waals surface area contributed by atoms with Crippen molar-refractivity contribution in [2.45, 2.75) is 25.7 Å². The fourth-order valence-corrected chi connectivity index (χ4v) is 4.05. The summed E-state index contributed by atoms with van der Waals surface area (Å²) in [5.74, 6) is 0.622. The van der Waals surface area contributed by atoms with Gasteiger partial charge in [-0.15, -0.1) is 0 Å². The third-order valence-corrected chi connectivity index (χ3v) is 5.12. The summed E-state index contributed by atoms with van der Waals surface area (Å²) in [6.07, 6.45) is 3.57. The highest BCUT2D eigenvalue weighted by Crippen LogP contribution is 2.38. The number of ether oxygens (including phenoxy) is 1. The van der Waals surface area contributed by atoms with Gasteiger partial charge in [-0.05, 0) is 49.9 Å². The highest BCUT2D eigenvalue weighted by Gasteiger charge is 2.38. The monoisotopic (exact) mass is 277 g/mol. The summed E-state index contributed by atoms with van der Waals surface area (Å²) < 4.78 is 18.9. The van der Waals surface area contributed by atoms with Crippen LogP contribution in [0.15, 0.2) is 34.7 Å². The fraction of sp³-hybridized carbons (Fsp3) is 0.357. The lowest BCUT2D eigenvalue weighted by Gasteiger charge is -2.15. The van der Waals surface area contributed by atoms with Gasteiger partial charge in [-0.1, -0.05) is 0 Å². The predicted molar refractivity (Wildman–Crippen MR) is 74.1 cm³/mol. The molecule has 0 radical (unpaired) electrons. The first kappa shape index (κ1) is 12.4. The van der Waals surface area contributed by atoms with Gasteiger partial charge in [-0.25, -0.2) is 8.51 Å². The second-order valence-electron chi connectivity index (χ2n) is 4.66. The maximum Gasteiger partial charge on any atom is 0.267 e. The first-order chi connectivity index (χ1) is 9.22. The van der Waals surface area contributed by atoms with Gasteiger partial charge < -0.3 is 4.74 Å². The number of carbonyl (C=O) groups excluding carboxylic acids is 1. The largest absolute Gasteiger partial charge is 0.497 e. The van der Waals surface area contributed by atoms with E-state index in [-0.39, 0.29) is 5.91 Å². The van der Waals surface area contributed by atoms with Crippen LogP contribution in [-0.2, 0) is 15.8 Å². The number of hydrogen-bond donors (Lipinski definition) is 0. The van der Waals surface area contributed by atoms with Crippen molar-refractivity contribution in [3.63, 3.8) is 0 Å². The Morgan fingerprint density at radius 3 is 2.47 bits per heavy atom. The molecule has 1 aliphatic carbocycles. The van der Waals surface area contributed by atoms with E-state index in [1.54, 1.807) is 31.4 Å². The summed E-state index contributed by atoms with van der Waals surface area (Å²) in [4.78, 5) is 13.2. The molecule has 3 rings (SSSR count). The van der Waals surface area contributed by atoms with E-state index in [0.717, 1.165) is 41.9 Å². The number of benzene rings is 1. The Bertz CT molecular complexity index is 549. The zero-order valence-corrected chi connectivity index (χ0v) is 11.5. The zero-order chi connectivity index (χ0) is 13.4. The van der Waals surface area contributed by atoms with Crippen molar-refractivity contribution in [2.24, 2.45) is 0 Å². The van der Waals surface area contributed by atoms with Gasteiger partial charge in [0, 0.05) is 10.5 Å². The van der Waals surface area contributed by atoms with Crippen molar-refractivity contribution in [3.05, 3.63) is 34.7 Å². The Morgan fingerprint density at radius 2 is 1.84 bits per heavy atom. The molecule has 1 amide bonds. The molecule has 4 nitrogen and oxygen atoms in total. The molecule has 2 aliphatic rings. The van der Waals surface area contributed by atoms with Gasteiger partial charge in [0.05, 0.1) is 12.8 Å². The Hall–Kier alpha value is -1.62. The van der Waals surface area contributed by atoms with Gasteiger partial charge in [0.25, 0.3) is 5.91 Å². The molecule has 1 aromatic carbocycles. The molecule has 5 heteroatoms. The molecule has 1 aromatic rings. The molecule has 0 spiro atoms. The Morgan fingerprint density at radius 1 is 1.16 bits per heavy atom. The minimum Gasteiger partial charge on any atom is -0.497 e. The molecule has 0 bridgehead atoms. The van der Waals surface area contributed by atoms with Crippen LogP contribution in [0.3, 0.4) is 0 Å². The third kappa shape index (κ3) is 1.98. The van der Waals surface area contributed by atoms with Crippen molar-refractivity contribution in [1.29, 1.82) is 0 Å². The molecule has 100 valence electrons. The van der Waals surface area contributed by atoms with E-state index in [9.17, 15) is 9.00 Å². The molecule has 19 heavy (non-hydrogen) atoms. The molecule has 1 atom stereocenters. The van der Waals surface area contributed by atoms with Crippen LogP contribution < -0.4 is 9.04 Å². The smallest absolute Gasteiger partial charge is 0.267 e. The van der Waals surface area contributed by atoms with Crippen molar-refractivity contribution < 1.29 is 13.7 Å². The van der Waals surface area contributed by atoms with Crippen LogP contribution in [0.5, 0.6) is 5.75 Å². The van der Waals surface area contributed by atoms with Crippen LogP contribution in [0.25, 0.3) is 0 Å². The summed E-state index contributed by atoms with van der Waals surface area (Å²) in [5, 5.41) is 0.